The minimum absolute atomic E-state index is 0.0827. The van der Waals surface area contributed by atoms with Crippen molar-refractivity contribution in [2.45, 2.75) is 38.9 Å². The van der Waals surface area contributed by atoms with Crippen molar-refractivity contribution in [1.29, 1.82) is 0 Å². The molecule has 2 rings (SSSR count). The molecule has 0 aliphatic heterocycles. The Kier molecular flexibility index (Phi) is 4.59. The van der Waals surface area contributed by atoms with E-state index in [4.69, 9.17) is 0 Å². The van der Waals surface area contributed by atoms with Crippen molar-refractivity contribution < 1.29 is 15.0 Å². The van der Waals surface area contributed by atoms with Gasteiger partial charge in [-0.2, -0.15) is 0 Å². The molecule has 0 saturated carbocycles. The normalized spacial score (nSPS) is 37.3. The number of carbonyl (C=O) groups is 1. The molecular weight excluding hydrogens is 276 g/mol. The van der Waals surface area contributed by atoms with E-state index in [9.17, 15) is 15.0 Å². The van der Waals surface area contributed by atoms with Crippen LogP contribution < -0.4 is 0 Å². The molecule has 2 aliphatic carbocycles. The Morgan fingerprint density at radius 3 is 1.50 bits per heavy atom. The summed E-state index contributed by atoms with van der Waals surface area (Å²) in [7, 11) is 0. The second kappa shape index (κ2) is 5.98. The molecule has 0 aromatic carbocycles. The number of Topliss-reactive ketones (excluding diaryl/α,β-unsaturated/α-hetero) is 1. The Hall–Kier alpha value is -1.45. The largest absolute Gasteiger partial charge is 0.377 e. The number of rotatable bonds is 4. The zero-order chi connectivity index (χ0) is 16.5. The van der Waals surface area contributed by atoms with Gasteiger partial charge in [-0.05, 0) is 24.0 Å². The van der Waals surface area contributed by atoms with Gasteiger partial charge in [-0.1, -0.05) is 64.2 Å². The van der Waals surface area contributed by atoms with Crippen molar-refractivity contribution in [3.05, 3.63) is 48.6 Å². The second-order valence-corrected chi connectivity index (χ2v) is 7.01. The first-order chi connectivity index (χ1) is 10.2. The molecule has 0 spiro atoms. The van der Waals surface area contributed by atoms with Crippen LogP contribution in [0.5, 0.6) is 0 Å². The van der Waals surface area contributed by atoms with E-state index in [0.29, 0.717) is 0 Å². The maximum Gasteiger partial charge on any atom is 0.204 e. The molecule has 0 bridgehead atoms. The van der Waals surface area contributed by atoms with Crippen LogP contribution in [0.15, 0.2) is 48.6 Å². The molecule has 0 saturated heterocycles. The van der Waals surface area contributed by atoms with E-state index in [2.05, 4.69) is 0 Å². The first kappa shape index (κ1) is 16.9. The SMILES string of the molecule is CC(C)C1C=CC=CC1(O)C(=O)C1(O)C=CC=CC1C(C)C. The molecule has 0 amide bonds. The molecule has 0 aromatic heterocycles. The first-order valence-corrected chi connectivity index (χ1v) is 7.95. The van der Waals surface area contributed by atoms with Crippen LogP contribution in [-0.4, -0.2) is 27.2 Å². The minimum atomic E-state index is -1.68. The number of aliphatic hydroxyl groups is 2. The topological polar surface area (TPSA) is 57.5 Å². The van der Waals surface area contributed by atoms with Gasteiger partial charge in [-0.15, -0.1) is 0 Å². The van der Waals surface area contributed by atoms with Crippen LogP contribution in [0.25, 0.3) is 0 Å². The fourth-order valence-electron chi connectivity index (χ4n) is 3.52. The Bertz CT molecular complexity index is 505. The smallest absolute Gasteiger partial charge is 0.204 e. The number of carbonyl (C=O) groups excluding carboxylic acids is 1. The summed E-state index contributed by atoms with van der Waals surface area (Å²) in [5.74, 6) is -1.07. The van der Waals surface area contributed by atoms with Gasteiger partial charge in [0.05, 0.1) is 0 Å². The van der Waals surface area contributed by atoms with Gasteiger partial charge >= 0.3 is 0 Å². The molecule has 0 radical (unpaired) electrons. The second-order valence-electron chi connectivity index (χ2n) is 7.01. The van der Waals surface area contributed by atoms with Crippen LogP contribution in [0.2, 0.25) is 0 Å². The molecule has 0 aromatic rings. The highest BCUT2D eigenvalue weighted by atomic mass is 16.3. The predicted molar refractivity (Wildman–Crippen MR) is 88.1 cm³/mol. The lowest BCUT2D eigenvalue weighted by atomic mass is 9.65. The van der Waals surface area contributed by atoms with E-state index < -0.39 is 17.0 Å². The average molecular weight is 302 g/mol. The van der Waals surface area contributed by atoms with E-state index in [1.165, 1.54) is 12.2 Å². The van der Waals surface area contributed by atoms with Crippen LogP contribution in [0.3, 0.4) is 0 Å². The maximum atomic E-state index is 13.2. The summed E-state index contributed by atoms with van der Waals surface area (Å²) in [5.41, 5.74) is -3.36. The molecule has 4 unspecified atom stereocenters. The number of allylic oxidation sites excluding steroid dienone is 4. The van der Waals surface area contributed by atoms with Crippen molar-refractivity contribution in [1.82, 2.24) is 0 Å². The van der Waals surface area contributed by atoms with Crippen molar-refractivity contribution in [3.63, 3.8) is 0 Å². The van der Waals surface area contributed by atoms with Crippen LogP contribution in [0.1, 0.15) is 27.7 Å². The summed E-state index contributed by atoms with van der Waals surface area (Å²) in [6, 6.07) is 0. The van der Waals surface area contributed by atoms with Gasteiger partial charge in [0.2, 0.25) is 5.78 Å². The molecule has 4 atom stereocenters. The highest BCUT2D eigenvalue weighted by Gasteiger charge is 2.54. The zero-order valence-corrected chi connectivity index (χ0v) is 13.7. The van der Waals surface area contributed by atoms with Crippen LogP contribution in [0, 0.1) is 23.7 Å². The quantitative estimate of drug-likeness (QED) is 0.839. The molecule has 3 nitrogen and oxygen atoms in total. The molecule has 2 N–H and O–H groups in total. The Morgan fingerprint density at radius 2 is 1.18 bits per heavy atom. The average Bonchev–Trinajstić information content (AvgIpc) is 2.46. The van der Waals surface area contributed by atoms with Crippen LogP contribution in [-0.2, 0) is 4.79 Å². The summed E-state index contributed by atoms with van der Waals surface area (Å²) in [6.07, 6.45) is 13.8. The predicted octanol–water partition coefficient (Wildman–Crippen LogP) is 2.81. The first-order valence-electron chi connectivity index (χ1n) is 7.95. The summed E-state index contributed by atoms with van der Waals surface area (Å²) >= 11 is 0. The van der Waals surface area contributed by atoms with E-state index in [0.717, 1.165) is 0 Å². The van der Waals surface area contributed by atoms with E-state index >= 15 is 0 Å². The summed E-state index contributed by atoms with van der Waals surface area (Å²) in [5, 5.41) is 22.2. The van der Waals surface area contributed by atoms with Crippen molar-refractivity contribution in [2.75, 3.05) is 0 Å². The summed E-state index contributed by atoms with van der Waals surface area (Å²) in [6.45, 7) is 7.86. The number of hydrogen-bond acceptors (Lipinski definition) is 3. The molecular formula is C19H26O3. The Labute approximate surface area is 132 Å². The standard InChI is InChI=1S/C19H26O3/c1-13(2)15-9-5-7-11-18(15,21)17(20)19(22)12-8-6-10-16(19)14(3)4/h5-16,21-22H,1-4H3. The minimum Gasteiger partial charge on any atom is -0.377 e. The molecule has 0 fully saturated rings. The lowest BCUT2D eigenvalue weighted by molar-refractivity contribution is -0.157. The third-order valence-electron chi connectivity index (χ3n) is 4.74. The number of hydrogen-bond donors (Lipinski definition) is 2. The van der Waals surface area contributed by atoms with E-state index in [1.807, 2.05) is 52.0 Å². The van der Waals surface area contributed by atoms with Gasteiger partial charge in [-0.25, -0.2) is 0 Å². The molecule has 3 heteroatoms. The van der Waals surface area contributed by atoms with Crippen LogP contribution in [0.4, 0.5) is 0 Å². The van der Waals surface area contributed by atoms with Gasteiger partial charge < -0.3 is 10.2 Å². The monoisotopic (exact) mass is 302 g/mol. The fraction of sp³-hybridized carbons (Fsp3) is 0.526. The lowest BCUT2D eigenvalue weighted by Crippen LogP contribution is -2.59. The highest BCUT2D eigenvalue weighted by Crippen LogP contribution is 2.40. The Balaban J connectivity index is 2.44. The van der Waals surface area contributed by atoms with Gasteiger partial charge in [0.1, 0.15) is 0 Å². The van der Waals surface area contributed by atoms with Crippen LogP contribution >= 0.6 is 0 Å². The van der Waals surface area contributed by atoms with Crippen molar-refractivity contribution in [3.8, 4) is 0 Å². The molecule has 2 aliphatic rings. The van der Waals surface area contributed by atoms with Gasteiger partial charge in [-0.3, -0.25) is 4.79 Å². The van der Waals surface area contributed by atoms with Gasteiger partial charge in [0.15, 0.2) is 11.2 Å². The van der Waals surface area contributed by atoms with Crippen molar-refractivity contribution in [2.24, 2.45) is 23.7 Å². The van der Waals surface area contributed by atoms with Gasteiger partial charge in [0.25, 0.3) is 0 Å². The lowest BCUT2D eigenvalue weighted by Gasteiger charge is -2.43. The Morgan fingerprint density at radius 1 is 0.818 bits per heavy atom. The molecule has 22 heavy (non-hydrogen) atoms. The summed E-state index contributed by atoms with van der Waals surface area (Å²) in [4.78, 5) is 13.2. The maximum absolute atomic E-state index is 13.2. The van der Waals surface area contributed by atoms with E-state index in [1.54, 1.807) is 12.2 Å². The molecule has 0 heterocycles. The zero-order valence-electron chi connectivity index (χ0n) is 13.7. The summed E-state index contributed by atoms with van der Waals surface area (Å²) < 4.78 is 0. The highest BCUT2D eigenvalue weighted by molar-refractivity contribution is 5.99. The molecule has 120 valence electrons. The third kappa shape index (κ3) is 2.64. The fourth-order valence-corrected chi connectivity index (χ4v) is 3.52. The van der Waals surface area contributed by atoms with Gasteiger partial charge in [0, 0.05) is 11.8 Å². The number of ketones is 1. The van der Waals surface area contributed by atoms with E-state index in [-0.39, 0.29) is 23.7 Å². The van der Waals surface area contributed by atoms with Crippen molar-refractivity contribution >= 4 is 5.78 Å². The third-order valence-corrected chi connectivity index (χ3v) is 4.74.